The molecule has 24 heavy (non-hydrogen) atoms. The zero-order valence-corrected chi connectivity index (χ0v) is 16.0. The number of halogens is 1. The maximum Gasteiger partial charge on any atom is 0.195 e. The maximum absolute atomic E-state index is 5.75. The number of benzene rings is 2. The number of nitrogens with zero attached hydrogens (tertiary/aromatic N) is 3. The van der Waals surface area contributed by atoms with Crippen molar-refractivity contribution in [3.63, 3.8) is 0 Å². The Morgan fingerprint density at radius 2 is 1.71 bits per heavy atom. The molecule has 1 aromatic heterocycles. The number of rotatable bonds is 6. The first-order valence-electron chi connectivity index (χ1n) is 7.64. The Labute approximate surface area is 154 Å². The number of aromatic nitrogens is 3. The van der Waals surface area contributed by atoms with Gasteiger partial charge in [-0.3, -0.25) is 4.57 Å². The molecule has 0 aliphatic heterocycles. The molecule has 3 rings (SSSR count). The van der Waals surface area contributed by atoms with Gasteiger partial charge < -0.3 is 4.74 Å². The minimum Gasteiger partial charge on any atom is -0.493 e. The van der Waals surface area contributed by atoms with Gasteiger partial charge in [-0.15, -0.1) is 10.2 Å². The van der Waals surface area contributed by atoms with Gasteiger partial charge in [0.1, 0.15) is 11.6 Å². The Morgan fingerprint density at radius 3 is 2.42 bits per heavy atom. The summed E-state index contributed by atoms with van der Waals surface area (Å²) in [6.07, 6.45) is 0. The van der Waals surface area contributed by atoms with Crippen LogP contribution in [-0.2, 0) is 0 Å². The molecule has 0 amide bonds. The molecule has 0 radical (unpaired) electrons. The normalized spacial score (nSPS) is 10.8. The molecule has 2 aromatic carbocycles. The summed E-state index contributed by atoms with van der Waals surface area (Å²) in [6.45, 7) is 4.67. The molecule has 124 valence electrons. The van der Waals surface area contributed by atoms with E-state index in [0.29, 0.717) is 6.61 Å². The molecular weight excluding hydrogens is 386 g/mol. The fourth-order valence-electron chi connectivity index (χ4n) is 2.25. The van der Waals surface area contributed by atoms with Gasteiger partial charge in [0.2, 0.25) is 0 Å². The SMILES string of the molecule is Cc1ccc(-n2c(C)nnc2SCCOc2ccc(Br)cc2)cc1. The van der Waals surface area contributed by atoms with Crippen LogP contribution in [0.3, 0.4) is 0 Å². The van der Waals surface area contributed by atoms with Crippen LogP contribution in [0, 0.1) is 13.8 Å². The lowest BCUT2D eigenvalue weighted by Crippen LogP contribution is -2.03. The summed E-state index contributed by atoms with van der Waals surface area (Å²) in [6, 6.07) is 16.2. The van der Waals surface area contributed by atoms with Crippen molar-refractivity contribution >= 4 is 27.7 Å². The van der Waals surface area contributed by atoms with Gasteiger partial charge in [-0.05, 0) is 50.2 Å². The molecule has 0 fully saturated rings. The second-order valence-electron chi connectivity index (χ2n) is 5.35. The number of aryl methyl sites for hydroxylation is 2. The molecule has 0 spiro atoms. The van der Waals surface area contributed by atoms with Crippen LogP contribution in [0.15, 0.2) is 58.2 Å². The highest BCUT2D eigenvalue weighted by Gasteiger charge is 2.11. The van der Waals surface area contributed by atoms with E-state index in [-0.39, 0.29) is 0 Å². The van der Waals surface area contributed by atoms with Crippen molar-refractivity contribution in [1.82, 2.24) is 14.8 Å². The lowest BCUT2D eigenvalue weighted by molar-refractivity contribution is 0.344. The first-order valence-corrected chi connectivity index (χ1v) is 9.41. The first-order chi connectivity index (χ1) is 11.6. The van der Waals surface area contributed by atoms with Crippen molar-refractivity contribution in [3.05, 3.63) is 64.4 Å². The maximum atomic E-state index is 5.75. The van der Waals surface area contributed by atoms with Crippen molar-refractivity contribution in [2.75, 3.05) is 12.4 Å². The van der Waals surface area contributed by atoms with E-state index in [1.807, 2.05) is 31.2 Å². The van der Waals surface area contributed by atoms with Gasteiger partial charge in [-0.25, -0.2) is 0 Å². The number of thioether (sulfide) groups is 1. The molecule has 3 aromatic rings. The Hall–Kier alpha value is -1.79. The highest BCUT2D eigenvalue weighted by Crippen LogP contribution is 2.22. The second-order valence-corrected chi connectivity index (χ2v) is 7.33. The number of hydrogen-bond acceptors (Lipinski definition) is 4. The zero-order valence-electron chi connectivity index (χ0n) is 13.6. The third-order valence-corrected chi connectivity index (χ3v) is 4.91. The molecule has 0 saturated carbocycles. The van der Waals surface area contributed by atoms with Crippen LogP contribution in [0.2, 0.25) is 0 Å². The number of hydrogen-bond donors (Lipinski definition) is 0. The van der Waals surface area contributed by atoms with Crippen molar-refractivity contribution in [2.24, 2.45) is 0 Å². The van der Waals surface area contributed by atoms with E-state index in [9.17, 15) is 0 Å². The number of ether oxygens (including phenoxy) is 1. The Balaban J connectivity index is 1.61. The molecule has 6 heteroatoms. The Morgan fingerprint density at radius 1 is 1.00 bits per heavy atom. The summed E-state index contributed by atoms with van der Waals surface area (Å²) >= 11 is 5.06. The van der Waals surface area contributed by atoms with E-state index in [1.54, 1.807) is 11.8 Å². The van der Waals surface area contributed by atoms with Crippen molar-refractivity contribution in [2.45, 2.75) is 19.0 Å². The smallest absolute Gasteiger partial charge is 0.195 e. The van der Waals surface area contributed by atoms with Crippen LogP contribution in [0.5, 0.6) is 5.75 Å². The molecule has 0 N–H and O–H groups in total. The van der Waals surface area contributed by atoms with Crippen LogP contribution in [0.25, 0.3) is 5.69 Å². The summed E-state index contributed by atoms with van der Waals surface area (Å²) in [5.41, 5.74) is 2.32. The second kappa shape index (κ2) is 7.85. The molecule has 0 saturated heterocycles. The van der Waals surface area contributed by atoms with Gasteiger partial charge in [-0.2, -0.15) is 0 Å². The average Bonchev–Trinajstić information content (AvgIpc) is 2.95. The van der Waals surface area contributed by atoms with Crippen molar-refractivity contribution < 1.29 is 4.74 Å². The van der Waals surface area contributed by atoms with Gasteiger partial charge >= 0.3 is 0 Å². The van der Waals surface area contributed by atoms with E-state index in [4.69, 9.17) is 4.74 Å². The predicted molar refractivity (Wildman–Crippen MR) is 101 cm³/mol. The fourth-order valence-corrected chi connectivity index (χ4v) is 3.33. The van der Waals surface area contributed by atoms with Crippen LogP contribution < -0.4 is 4.74 Å². The molecule has 0 aliphatic rings. The van der Waals surface area contributed by atoms with Gasteiger partial charge in [0.15, 0.2) is 5.16 Å². The van der Waals surface area contributed by atoms with Crippen LogP contribution in [0.4, 0.5) is 0 Å². The minimum atomic E-state index is 0.617. The standard InChI is InChI=1S/C18H18BrN3OS/c1-13-3-7-16(8-4-13)22-14(2)20-21-18(22)24-12-11-23-17-9-5-15(19)6-10-17/h3-10H,11-12H2,1-2H3. The van der Waals surface area contributed by atoms with Crippen LogP contribution >= 0.6 is 27.7 Å². The highest BCUT2D eigenvalue weighted by atomic mass is 79.9. The predicted octanol–water partition coefficient (Wildman–Crippen LogP) is 4.82. The highest BCUT2D eigenvalue weighted by molar-refractivity contribution is 9.10. The zero-order chi connectivity index (χ0) is 16.9. The Bertz CT molecular complexity index is 800. The third kappa shape index (κ3) is 4.19. The summed E-state index contributed by atoms with van der Waals surface area (Å²) in [5, 5.41) is 9.38. The van der Waals surface area contributed by atoms with Crippen molar-refractivity contribution in [1.29, 1.82) is 0 Å². The quantitative estimate of drug-likeness (QED) is 0.436. The lowest BCUT2D eigenvalue weighted by atomic mass is 10.2. The Kier molecular flexibility index (Phi) is 5.58. The molecular formula is C18H18BrN3OS. The van der Waals surface area contributed by atoms with Crippen LogP contribution in [-0.4, -0.2) is 27.1 Å². The van der Waals surface area contributed by atoms with Gasteiger partial charge in [0.25, 0.3) is 0 Å². The molecule has 0 bridgehead atoms. The lowest BCUT2D eigenvalue weighted by Gasteiger charge is -2.09. The first kappa shape index (κ1) is 17.0. The fraction of sp³-hybridized carbons (Fsp3) is 0.222. The van der Waals surface area contributed by atoms with Crippen LogP contribution in [0.1, 0.15) is 11.4 Å². The van der Waals surface area contributed by atoms with Crippen molar-refractivity contribution in [3.8, 4) is 11.4 Å². The van der Waals surface area contributed by atoms with E-state index >= 15 is 0 Å². The molecule has 1 heterocycles. The van der Waals surface area contributed by atoms with Gasteiger partial charge in [-0.1, -0.05) is 45.4 Å². The summed E-state index contributed by atoms with van der Waals surface area (Å²) in [5.74, 6) is 2.56. The van der Waals surface area contributed by atoms with E-state index in [1.165, 1.54) is 5.56 Å². The molecule has 0 atom stereocenters. The van der Waals surface area contributed by atoms with Gasteiger partial charge in [0.05, 0.1) is 6.61 Å². The monoisotopic (exact) mass is 403 g/mol. The summed E-state index contributed by atoms with van der Waals surface area (Å²) in [7, 11) is 0. The van der Waals surface area contributed by atoms with E-state index in [2.05, 4.69) is 61.9 Å². The average molecular weight is 404 g/mol. The summed E-state index contributed by atoms with van der Waals surface area (Å²) in [4.78, 5) is 0. The largest absolute Gasteiger partial charge is 0.493 e. The summed E-state index contributed by atoms with van der Waals surface area (Å²) < 4.78 is 8.87. The molecule has 0 aliphatic carbocycles. The molecule has 4 nitrogen and oxygen atoms in total. The third-order valence-electron chi connectivity index (χ3n) is 3.48. The minimum absolute atomic E-state index is 0.617. The van der Waals surface area contributed by atoms with Gasteiger partial charge in [0, 0.05) is 15.9 Å². The molecule has 0 unspecified atom stereocenters. The topological polar surface area (TPSA) is 39.9 Å². The van der Waals surface area contributed by atoms with E-state index < -0.39 is 0 Å². The van der Waals surface area contributed by atoms with E-state index in [0.717, 1.165) is 32.6 Å².